The number of benzene rings is 2. The molecule has 0 saturated carbocycles. The molecule has 41 heavy (non-hydrogen) atoms. The van der Waals surface area contributed by atoms with E-state index in [1.807, 2.05) is 56.0 Å². The third-order valence-corrected chi connectivity index (χ3v) is 11.2. The van der Waals surface area contributed by atoms with Crippen LogP contribution < -0.4 is 4.90 Å². The number of piperazine rings is 1. The summed E-state index contributed by atoms with van der Waals surface area (Å²) in [5.74, 6) is -0.0519. The van der Waals surface area contributed by atoms with Crippen molar-refractivity contribution in [1.82, 2.24) is 14.2 Å². The molecular weight excluding hydrogens is 556 g/mol. The van der Waals surface area contributed by atoms with E-state index in [1.54, 1.807) is 15.6 Å². The standard InChI is InChI=1S/C31H40N4O4S2/c1-23-17-24(2)30(25(3)18-23)41(37,38)35-12-8-7-11-28(35)20-39-21-29(36)33-13-15-34(16-14-33)31-32-27(22-40-31)19-26-9-5-4-6-10-26/h4-6,9-10,17-18,22,28H,7-8,11-16,19-21H2,1-3H3. The van der Waals surface area contributed by atoms with E-state index in [-0.39, 0.29) is 25.2 Å². The number of amides is 1. The first-order chi connectivity index (χ1) is 19.7. The number of thiazole rings is 1. The molecule has 0 aliphatic carbocycles. The zero-order valence-electron chi connectivity index (χ0n) is 24.2. The average Bonchev–Trinajstić information content (AvgIpc) is 3.41. The molecule has 5 rings (SSSR count). The van der Waals surface area contributed by atoms with Gasteiger partial charge in [0.2, 0.25) is 15.9 Å². The Kier molecular flexibility index (Phi) is 9.43. The zero-order valence-corrected chi connectivity index (χ0v) is 25.8. The molecule has 1 amide bonds. The highest BCUT2D eigenvalue weighted by Gasteiger charge is 2.35. The molecule has 2 fully saturated rings. The Balaban J connectivity index is 1.11. The minimum Gasteiger partial charge on any atom is -0.370 e. The van der Waals surface area contributed by atoms with Crippen LogP contribution in [0.1, 0.15) is 47.2 Å². The zero-order chi connectivity index (χ0) is 29.0. The maximum absolute atomic E-state index is 13.7. The van der Waals surface area contributed by atoms with Crippen LogP contribution in [0.15, 0.2) is 52.7 Å². The first kappa shape index (κ1) is 29.7. The Morgan fingerprint density at radius 2 is 1.71 bits per heavy atom. The van der Waals surface area contributed by atoms with E-state index in [9.17, 15) is 13.2 Å². The van der Waals surface area contributed by atoms with Gasteiger partial charge in [-0.15, -0.1) is 11.3 Å². The molecule has 0 spiro atoms. The molecular formula is C31H40N4O4S2. The highest BCUT2D eigenvalue weighted by molar-refractivity contribution is 7.89. The number of anilines is 1. The lowest BCUT2D eigenvalue weighted by molar-refractivity contribution is -0.137. The van der Waals surface area contributed by atoms with Crippen molar-refractivity contribution >= 4 is 32.4 Å². The highest BCUT2D eigenvalue weighted by atomic mass is 32.2. The molecule has 1 aromatic heterocycles. The van der Waals surface area contributed by atoms with E-state index >= 15 is 0 Å². The molecule has 1 unspecified atom stereocenters. The first-order valence-corrected chi connectivity index (χ1v) is 16.7. The number of nitrogens with zero attached hydrogens (tertiary/aromatic N) is 4. The van der Waals surface area contributed by atoms with Crippen molar-refractivity contribution in [3.8, 4) is 0 Å². The van der Waals surface area contributed by atoms with Gasteiger partial charge in [0.05, 0.1) is 17.2 Å². The summed E-state index contributed by atoms with van der Waals surface area (Å²) < 4.78 is 34.9. The molecule has 2 aliphatic heterocycles. The Morgan fingerprint density at radius 3 is 2.41 bits per heavy atom. The van der Waals surface area contributed by atoms with Crippen LogP contribution >= 0.6 is 11.3 Å². The molecule has 0 radical (unpaired) electrons. The predicted octanol–water partition coefficient (Wildman–Crippen LogP) is 4.57. The molecule has 3 aromatic rings. The molecule has 2 aromatic carbocycles. The minimum atomic E-state index is -3.66. The van der Waals surface area contributed by atoms with E-state index in [1.165, 1.54) is 5.56 Å². The van der Waals surface area contributed by atoms with Crippen LogP contribution in [0.4, 0.5) is 5.13 Å². The van der Waals surface area contributed by atoms with Crippen LogP contribution in [-0.4, -0.2) is 80.5 Å². The van der Waals surface area contributed by atoms with Crippen LogP contribution in [-0.2, 0) is 26.0 Å². The monoisotopic (exact) mass is 596 g/mol. The third kappa shape index (κ3) is 6.99. The lowest BCUT2D eigenvalue weighted by Gasteiger charge is -2.36. The van der Waals surface area contributed by atoms with Gasteiger partial charge in [-0.05, 0) is 50.3 Å². The molecule has 10 heteroatoms. The molecule has 0 N–H and O–H groups in total. The molecule has 3 heterocycles. The highest BCUT2D eigenvalue weighted by Crippen LogP contribution is 2.30. The largest absolute Gasteiger partial charge is 0.370 e. The van der Waals surface area contributed by atoms with Crippen molar-refractivity contribution in [1.29, 1.82) is 0 Å². The Morgan fingerprint density at radius 1 is 1.00 bits per heavy atom. The van der Waals surface area contributed by atoms with Crippen LogP contribution in [0, 0.1) is 20.8 Å². The Hall–Kier alpha value is -2.79. The maximum Gasteiger partial charge on any atom is 0.248 e. The lowest BCUT2D eigenvalue weighted by atomic mass is 10.1. The van der Waals surface area contributed by atoms with Gasteiger partial charge in [0, 0.05) is 50.6 Å². The average molecular weight is 597 g/mol. The topological polar surface area (TPSA) is 83.0 Å². The quantitative estimate of drug-likeness (QED) is 0.360. The fourth-order valence-corrected chi connectivity index (χ4v) is 8.97. The summed E-state index contributed by atoms with van der Waals surface area (Å²) in [4.78, 5) is 22.3. The fraction of sp³-hybridized carbons (Fsp3) is 0.484. The number of aryl methyl sites for hydroxylation is 3. The lowest BCUT2D eigenvalue weighted by Crippen LogP contribution is -2.50. The molecule has 0 bridgehead atoms. The van der Waals surface area contributed by atoms with Gasteiger partial charge in [0.25, 0.3) is 0 Å². The Bertz CT molecular complexity index is 1430. The number of hydrogen-bond donors (Lipinski definition) is 0. The van der Waals surface area contributed by atoms with Crippen molar-refractivity contribution in [2.45, 2.75) is 57.4 Å². The fourth-order valence-electron chi connectivity index (χ4n) is 6.00. The van der Waals surface area contributed by atoms with Gasteiger partial charge < -0.3 is 14.5 Å². The second-order valence-electron chi connectivity index (χ2n) is 11.2. The van der Waals surface area contributed by atoms with Crippen LogP contribution in [0.3, 0.4) is 0 Å². The number of aromatic nitrogens is 1. The first-order valence-electron chi connectivity index (χ1n) is 14.4. The van der Waals surface area contributed by atoms with Crippen LogP contribution in [0.25, 0.3) is 0 Å². The summed E-state index contributed by atoms with van der Waals surface area (Å²) >= 11 is 1.65. The predicted molar refractivity (Wildman–Crippen MR) is 163 cm³/mol. The number of ether oxygens (including phenoxy) is 1. The maximum atomic E-state index is 13.7. The summed E-state index contributed by atoms with van der Waals surface area (Å²) in [6.45, 7) is 9.05. The molecule has 220 valence electrons. The minimum absolute atomic E-state index is 0.0363. The second kappa shape index (κ2) is 13.0. The van der Waals surface area contributed by atoms with Gasteiger partial charge in [-0.25, -0.2) is 13.4 Å². The SMILES string of the molecule is Cc1cc(C)c(S(=O)(=O)N2CCCCC2COCC(=O)N2CCN(c3nc(Cc4ccccc4)cs3)CC2)c(C)c1. The Labute approximate surface area is 248 Å². The van der Waals surface area contributed by atoms with Crippen molar-refractivity contribution in [2.24, 2.45) is 0 Å². The number of piperidine rings is 1. The summed E-state index contributed by atoms with van der Waals surface area (Å²) in [5, 5.41) is 3.11. The van der Waals surface area contributed by atoms with Gasteiger partial charge >= 0.3 is 0 Å². The van der Waals surface area contributed by atoms with Gasteiger partial charge in [0.1, 0.15) is 6.61 Å². The number of sulfonamides is 1. The number of carbonyl (C=O) groups excluding carboxylic acids is 1. The van der Waals surface area contributed by atoms with Crippen molar-refractivity contribution < 1.29 is 17.9 Å². The van der Waals surface area contributed by atoms with Gasteiger partial charge in [-0.3, -0.25) is 4.79 Å². The van der Waals surface area contributed by atoms with Gasteiger partial charge in [-0.1, -0.05) is 54.4 Å². The van der Waals surface area contributed by atoms with Gasteiger partial charge in [-0.2, -0.15) is 4.31 Å². The van der Waals surface area contributed by atoms with E-state index in [4.69, 9.17) is 9.72 Å². The smallest absolute Gasteiger partial charge is 0.248 e. The summed E-state index contributed by atoms with van der Waals surface area (Å²) in [6.07, 6.45) is 3.33. The second-order valence-corrected chi connectivity index (χ2v) is 13.8. The number of rotatable bonds is 9. The number of hydrogen-bond acceptors (Lipinski definition) is 7. The molecule has 8 nitrogen and oxygen atoms in total. The van der Waals surface area contributed by atoms with E-state index in [0.717, 1.165) is 66.3 Å². The third-order valence-electron chi connectivity index (χ3n) is 7.95. The number of carbonyl (C=O) groups is 1. The van der Waals surface area contributed by atoms with E-state index in [2.05, 4.69) is 22.4 Å². The van der Waals surface area contributed by atoms with E-state index in [0.29, 0.717) is 24.5 Å². The van der Waals surface area contributed by atoms with Crippen molar-refractivity contribution in [3.05, 3.63) is 75.8 Å². The van der Waals surface area contributed by atoms with Crippen molar-refractivity contribution in [2.75, 3.05) is 50.8 Å². The van der Waals surface area contributed by atoms with Crippen molar-refractivity contribution in [3.63, 3.8) is 0 Å². The normalized spacial score (nSPS) is 18.6. The van der Waals surface area contributed by atoms with Crippen LogP contribution in [0.5, 0.6) is 0 Å². The molecule has 2 saturated heterocycles. The van der Waals surface area contributed by atoms with E-state index < -0.39 is 10.0 Å². The van der Waals surface area contributed by atoms with Crippen LogP contribution in [0.2, 0.25) is 0 Å². The molecule has 1 atom stereocenters. The summed E-state index contributed by atoms with van der Waals surface area (Å²) in [7, 11) is -3.66. The molecule has 2 aliphatic rings. The summed E-state index contributed by atoms with van der Waals surface area (Å²) in [5.41, 5.74) is 4.90. The van der Waals surface area contributed by atoms with Gasteiger partial charge in [0.15, 0.2) is 5.13 Å². The summed E-state index contributed by atoms with van der Waals surface area (Å²) in [6, 6.07) is 13.9.